The van der Waals surface area contributed by atoms with Crippen LogP contribution in [0.5, 0.6) is 5.75 Å². The zero-order valence-electron chi connectivity index (χ0n) is 14.4. The molecule has 0 saturated carbocycles. The molecule has 1 aromatic carbocycles. The van der Waals surface area contributed by atoms with Crippen molar-refractivity contribution in [3.8, 4) is 5.75 Å². The fourth-order valence-electron chi connectivity index (χ4n) is 1.85. The number of rotatable bonds is 6. The van der Waals surface area contributed by atoms with Gasteiger partial charge in [-0.1, -0.05) is 68.2 Å². The third kappa shape index (κ3) is 14.8. The fraction of sp³-hybridized carbons (Fsp3) is 0.700. The lowest BCUT2D eigenvalue weighted by Crippen LogP contribution is -2.34. The van der Waals surface area contributed by atoms with Crippen molar-refractivity contribution >= 4 is 37.2 Å². The van der Waals surface area contributed by atoms with E-state index in [1.807, 2.05) is 39.1 Å². The van der Waals surface area contributed by atoms with E-state index in [1.165, 1.54) is 5.56 Å². The molecular weight excluding hydrogens is 524 g/mol. The summed E-state index contributed by atoms with van der Waals surface area (Å²) >= 11 is 4.24. The SMILES string of the molecule is C.C.C.CC.CNC(C)C(C)C(C)COc1ccccc1C.II. The van der Waals surface area contributed by atoms with Crippen LogP contribution in [0.2, 0.25) is 0 Å². The molecule has 1 N–H and O–H groups in total. The summed E-state index contributed by atoms with van der Waals surface area (Å²) in [6, 6.07) is 8.70. The van der Waals surface area contributed by atoms with Gasteiger partial charge in [0.25, 0.3) is 0 Å². The van der Waals surface area contributed by atoms with Gasteiger partial charge in [-0.2, -0.15) is 0 Å². The van der Waals surface area contributed by atoms with Gasteiger partial charge in [0.2, 0.25) is 0 Å². The second-order valence-corrected chi connectivity index (χ2v) is 4.99. The van der Waals surface area contributed by atoms with Crippen molar-refractivity contribution in [3.63, 3.8) is 0 Å². The van der Waals surface area contributed by atoms with Crippen molar-refractivity contribution in [3.05, 3.63) is 29.8 Å². The predicted molar refractivity (Wildman–Crippen MR) is 133 cm³/mol. The highest BCUT2D eigenvalue weighted by Crippen LogP contribution is 2.20. The number of hydrogen-bond donors (Lipinski definition) is 1. The van der Waals surface area contributed by atoms with E-state index >= 15 is 0 Å². The van der Waals surface area contributed by atoms with Gasteiger partial charge in [0.1, 0.15) is 5.75 Å². The topological polar surface area (TPSA) is 21.3 Å². The van der Waals surface area contributed by atoms with Gasteiger partial charge >= 0.3 is 0 Å². The van der Waals surface area contributed by atoms with E-state index in [4.69, 9.17) is 4.74 Å². The Morgan fingerprint density at radius 1 is 1.00 bits per heavy atom. The minimum absolute atomic E-state index is 0. The average molecular weight is 567 g/mol. The number of halogens is 2. The average Bonchev–Trinajstić information content (AvgIpc) is 2.56. The summed E-state index contributed by atoms with van der Waals surface area (Å²) in [6.45, 7) is 13.6. The molecule has 4 heteroatoms. The molecule has 1 rings (SSSR count). The van der Waals surface area contributed by atoms with Crippen LogP contribution in [-0.2, 0) is 0 Å². The predicted octanol–water partition coefficient (Wildman–Crippen LogP) is 7.96. The molecule has 2 nitrogen and oxygen atoms in total. The number of para-hydroxylation sites is 1. The lowest BCUT2D eigenvalue weighted by molar-refractivity contribution is 0.193. The lowest BCUT2D eigenvalue weighted by atomic mass is 9.90. The Labute approximate surface area is 177 Å². The largest absolute Gasteiger partial charge is 0.493 e. The minimum Gasteiger partial charge on any atom is -0.493 e. The maximum Gasteiger partial charge on any atom is 0.122 e. The van der Waals surface area contributed by atoms with Gasteiger partial charge in [-0.25, -0.2) is 0 Å². The van der Waals surface area contributed by atoms with Crippen molar-refractivity contribution in [2.75, 3.05) is 13.7 Å². The van der Waals surface area contributed by atoms with Crippen molar-refractivity contribution in [2.45, 2.75) is 69.9 Å². The normalized spacial score (nSPS) is 12.0. The quantitative estimate of drug-likeness (QED) is 0.353. The zero-order valence-corrected chi connectivity index (χ0v) is 18.7. The molecule has 3 unspecified atom stereocenters. The van der Waals surface area contributed by atoms with Gasteiger partial charge < -0.3 is 10.1 Å². The second kappa shape index (κ2) is 23.4. The van der Waals surface area contributed by atoms with E-state index in [0.29, 0.717) is 17.9 Å². The van der Waals surface area contributed by atoms with Crippen molar-refractivity contribution in [1.82, 2.24) is 5.32 Å². The van der Waals surface area contributed by atoms with Gasteiger partial charge in [-0.05, 0) is 44.4 Å². The Hall–Kier alpha value is 0.440. The third-order valence-corrected chi connectivity index (χ3v) is 3.74. The first kappa shape index (κ1) is 35.5. The molecule has 24 heavy (non-hydrogen) atoms. The highest BCUT2D eigenvalue weighted by molar-refractivity contribution is 15.0. The van der Waals surface area contributed by atoms with E-state index in [2.05, 4.69) is 76.3 Å². The summed E-state index contributed by atoms with van der Waals surface area (Å²) in [7, 11) is 2.01. The molecule has 0 radical (unpaired) electrons. The Bertz CT molecular complexity index is 348. The second-order valence-electron chi connectivity index (χ2n) is 4.99. The Balaban J connectivity index is -0.000000160. The highest BCUT2D eigenvalue weighted by atomic mass is 128. The van der Waals surface area contributed by atoms with Crippen LogP contribution >= 0.6 is 37.2 Å². The van der Waals surface area contributed by atoms with Crippen LogP contribution in [0.4, 0.5) is 0 Å². The number of benzene rings is 1. The fourth-order valence-corrected chi connectivity index (χ4v) is 1.85. The smallest absolute Gasteiger partial charge is 0.122 e. The summed E-state index contributed by atoms with van der Waals surface area (Å²) in [5.41, 5.74) is 1.20. The first-order valence-electron chi connectivity index (χ1n) is 7.56. The number of nitrogens with one attached hydrogen (secondary N) is 1. The molecule has 0 aliphatic rings. The third-order valence-electron chi connectivity index (χ3n) is 3.74. The van der Waals surface area contributed by atoms with Crippen LogP contribution in [0.3, 0.4) is 0 Å². The molecule has 0 saturated heterocycles. The maximum absolute atomic E-state index is 5.89. The number of hydrogen-bond acceptors (Lipinski definition) is 2. The molecule has 0 fully saturated rings. The van der Waals surface area contributed by atoms with Crippen LogP contribution in [0, 0.1) is 18.8 Å². The summed E-state index contributed by atoms with van der Waals surface area (Å²) in [5.74, 6) is 2.14. The van der Waals surface area contributed by atoms with Crippen LogP contribution in [-0.4, -0.2) is 19.7 Å². The van der Waals surface area contributed by atoms with E-state index in [0.717, 1.165) is 12.4 Å². The minimum atomic E-state index is 0. The van der Waals surface area contributed by atoms with E-state index in [-0.39, 0.29) is 22.3 Å². The van der Waals surface area contributed by atoms with Gasteiger partial charge in [0, 0.05) is 43.3 Å². The van der Waals surface area contributed by atoms with E-state index in [1.54, 1.807) is 0 Å². The molecule has 0 aliphatic carbocycles. The molecule has 0 aliphatic heterocycles. The summed E-state index contributed by atoms with van der Waals surface area (Å²) in [6.07, 6.45) is 0. The summed E-state index contributed by atoms with van der Waals surface area (Å²) in [5, 5.41) is 3.30. The van der Waals surface area contributed by atoms with Gasteiger partial charge in [0.05, 0.1) is 6.61 Å². The molecule has 0 spiro atoms. The van der Waals surface area contributed by atoms with Crippen LogP contribution in [0.15, 0.2) is 24.3 Å². The lowest BCUT2D eigenvalue weighted by Gasteiger charge is -2.26. The molecule has 1 aromatic rings. The van der Waals surface area contributed by atoms with Gasteiger partial charge in [-0.3, -0.25) is 0 Å². The van der Waals surface area contributed by atoms with Crippen LogP contribution in [0.25, 0.3) is 0 Å². The van der Waals surface area contributed by atoms with Gasteiger partial charge in [0.15, 0.2) is 0 Å². The molecule has 0 aromatic heterocycles. The van der Waals surface area contributed by atoms with Crippen molar-refractivity contribution < 1.29 is 4.74 Å². The zero-order chi connectivity index (χ0) is 16.8. The highest BCUT2D eigenvalue weighted by Gasteiger charge is 2.18. The first-order chi connectivity index (χ1) is 10.1. The Morgan fingerprint density at radius 3 is 1.88 bits per heavy atom. The summed E-state index contributed by atoms with van der Waals surface area (Å²) < 4.78 is 5.89. The van der Waals surface area contributed by atoms with Crippen LogP contribution < -0.4 is 10.1 Å². The standard InChI is InChI=1S/C15H25NO.C2H6.3CH4.I2/c1-11-8-6-7-9-15(11)17-10-12(2)13(3)14(4)16-5;1-2;;;;1-2/h6-9,12-14,16H,10H2,1-5H3;1-2H3;3*1H4;. The molecule has 0 heterocycles. The monoisotopic (exact) mass is 567 g/mol. The molecule has 0 bridgehead atoms. The summed E-state index contributed by atoms with van der Waals surface area (Å²) in [4.78, 5) is 0. The molecule has 148 valence electrons. The van der Waals surface area contributed by atoms with Crippen molar-refractivity contribution in [1.29, 1.82) is 0 Å². The Kier molecular flexibility index (Phi) is 34.7. The number of ether oxygens (including phenoxy) is 1. The first-order valence-corrected chi connectivity index (χ1v) is 13.8. The Morgan fingerprint density at radius 2 is 1.46 bits per heavy atom. The van der Waals surface area contributed by atoms with Crippen LogP contribution in [0.1, 0.15) is 62.5 Å². The van der Waals surface area contributed by atoms with E-state index < -0.39 is 0 Å². The maximum atomic E-state index is 5.89. The molecule has 3 atom stereocenters. The number of aryl methyl sites for hydroxylation is 1. The van der Waals surface area contributed by atoms with E-state index in [9.17, 15) is 0 Å². The van der Waals surface area contributed by atoms with Crippen molar-refractivity contribution in [2.24, 2.45) is 11.8 Å². The van der Waals surface area contributed by atoms with Gasteiger partial charge in [-0.15, -0.1) is 0 Å². The molecule has 0 amide bonds. The molecular formula is C20H43I2NO.